The number of nitrogens with zero attached hydrogens (tertiary/aromatic N) is 2. The van der Waals surface area contributed by atoms with E-state index in [-0.39, 0.29) is 0 Å². The molecule has 3 heteroatoms. The smallest absolute Gasteiger partial charge is 0.0922 e. The van der Waals surface area contributed by atoms with E-state index in [1.54, 1.807) is 0 Å². The Labute approximate surface area is 117 Å². The summed E-state index contributed by atoms with van der Waals surface area (Å²) in [6.45, 7) is 3.98. The summed E-state index contributed by atoms with van der Waals surface area (Å²) in [7, 11) is 0. The largest absolute Gasteiger partial charge is 0.249 e. The first-order valence-electron chi connectivity index (χ1n) is 6.15. The minimum atomic E-state index is 0.773. The quantitative estimate of drug-likeness (QED) is 0.646. The standard InChI is InChI=1S/C16H13ClN2/c1-10-9-12(7-8-13(10)17)16-11(2)18-14-5-3-4-6-15(14)19-16/h3-9H,1-2H3. The molecule has 0 spiro atoms. The van der Waals surface area contributed by atoms with E-state index < -0.39 is 0 Å². The molecule has 0 aliphatic heterocycles. The van der Waals surface area contributed by atoms with Gasteiger partial charge in [0.15, 0.2) is 0 Å². The number of hydrogen-bond donors (Lipinski definition) is 0. The monoisotopic (exact) mass is 268 g/mol. The minimum absolute atomic E-state index is 0.773. The van der Waals surface area contributed by atoms with Crippen LogP contribution in [-0.4, -0.2) is 9.97 Å². The molecule has 0 N–H and O–H groups in total. The van der Waals surface area contributed by atoms with Gasteiger partial charge in [0.1, 0.15) is 0 Å². The maximum atomic E-state index is 6.07. The van der Waals surface area contributed by atoms with E-state index in [9.17, 15) is 0 Å². The van der Waals surface area contributed by atoms with Crippen molar-refractivity contribution in [3.05, 3.63) is 58.7 Å². The van der Waals surface area contributed by atoms with Crippen LogP contribution in [0.2, 0.25) is 5.02 Å². The molecule has 0 atom stereocenters. The van der Waals surface area contributed by atoms with E-state index >= 15 is 0 Å². The Morgan fingerprint density at radius 3 is 2.26 bits per heavy atom. The zero-order valence-corrected chi connectivity index (χ0v) is 11.6. The molecular weight excluding hydrogens is 256 g/mol. The summed E-state index contributed by atoms with van der Waals surface area (Å²) >= 11 is 6.07. The molecule has 3 rings (SSSR count). The molecule has 0 bridgehead atoms. The Balaban J connectivity index is 2.23. The number of hydrogen-bond acceptors (Lipinski definition) is 2. The van der Waals surface area contributed by atoms with Gasteiger partial charge in [-0.3, -0.25) is 0 Å². The molecule has 2 nitrogen and oxygen atoms in total. The van der Waals surface area contributed by atoms with Crippen molar-refractivity contribution in [2.24, 2.45) is 0 Å². The highest BCUT2D eigenvalue weighted by molar-refractivity contribution is 6.31. The van der Waals surface area contributed by atoms with Gasteiger partial charge in [-0.25, -0.2) is 9.97 Å². The van der Waals surface area contributed by atoms with Gasteiger partial charge in [0.25, 0.3) is 0 Å². The normalized spacial score (nSPS) is 10.9. The Morgan fingerprint density at radius 1 is 0.895 bits per heavy atom. The van der Waals surface area contributed by atoms with Crippen molar-refractivity contribution in [3.63, 3.8) is 0 Å². The lowest BCUT2D eigenvalue weighted by Crippen LogP contribution is -1.94. The Hall–Kier alpha value is -1.93. The molecule has 3 aromatic rings. The van der Waals surface area contributed by atoms with Gasteiger partial charge in [-0.15, -0.1) is 0 Å². The summed E-state index contributed by atoms with van der Waals surface area (Å²) in [6.07, 6.45) is 0. The molecule has 0 unspecified atom stereocenters. The van der Waals surface area contributed by atoms with Crippen LogP contribution in [0.1, 0.15) is 11.3 Å². The molecule has 1 aromatic heterocycles. The van der Waals surface area contributed by atoms with E-state index in [0.717, 1.165) is 38.6 Å². The average molecular weight is 269 g/mol. The van der Waals surface area contributed by atoms with Gasteiger partial charge in [-0.2, -0.15) is 0 Å². The number of para-hydroxylation sites is 2. The second kappa shape index (κ2) is 4.63. The number of halogens is 1. The summed E-state index contributed by atoms with van der Waals surface area (Å²) in [4.78, 5) is 9.32. The lowest BCUT2D eigenvalue weighted by atomic mass is 10.1. The molecule has 94 valence electrons. The fourth-order valence-corrected chi connectivity index (χ4v) is 2.27. The van der Waals surface area contributed by atoms with E-state index in [1.165, 1.54) is 0 Å². The third kappa shape index (κ3) is 2.20. The number of aromatic nitrogens is 2. The van der Waals surface area contributed by atoms with Crippen molar-refractivity contribution >= 4 is 22.6 Å². The Morgan fingerprint density at radius 2 is 1.58 bits per heavy atom. The van der Waals surface area contributed by atoms with Crippen molar-refractivity contribution in [3.8, 4) is 11.3 Å². The Kier molecular flexibility index (Phi) is 2.96. The number of fused-ring (bicyclic) bond motifs is 1. The van der Waals surface area contributed by atoms with Crippen LogP contribution < -0.4 is 0 Å². The first-order valence-corrected chi connectivity index (χ1v) is 6.53. The van der Waals surface area contributed by atoms with Crippen LogP contribution in [0.15, 0.2) is 42.5 Å². The molecule has 1 heterocycles. The SMILES string of the molecule is Cc1cc(-c2nc3ccccc3nc2C)ccc1Cl. The van der Waals surface area contributed by atoms with Crippen molar-refractivity contribution in [2.75, 3.05) is 0 Å². The average Bonchev–Trinajstić information content (AvgIpc) is 2.41. The van der Waals surface area contributed by atoms with Crippen molar-refractivity contribution in [1.82, 2.24) is 9.97 Å². The van der Waals surface area contributed by atoms with Crippen LogP contribution in [0.3, 0.4) is 0 Å². The summed E-state index contributed by atoms with van der Waals surface area (Å²) in [5, 5.41) is 0.773. The first-order chi connectivity index (χ1) is 9.15. The molecule has 0 fully saturated rings. The maximum Gasteiger partial charge on any atom is 0.0922 e. The molecule has 0 saturated carbocycles. The predicted molar refractivity (Wildman–Crippen MR) is 79.5 cm³/mol. The van der Waals surface area contributed by atoms with Crippen molar-refractivity contribution < 1.29 is 0 Å². The van der Waals surface area contributed by atoms with Crippen LogP contribution >= 0.6 is 11.6 Å². The molecule has 0 aliphatic carbocycles. The molecule has 19 heavy (non-hydrogen) atoms. The second-order valence-corrected chi connectivity index (χ2v) is 5.02. The molecule has 0 saturated heterocycles. The Bertz CT molecular complexity index is 766. The van der Waals surface area contributed by atoms with Gasteiger partial charge in [0.2, 0.25) is 0 Å². The maximum absolute atomic E-state index is 6.07. The third-order valence-corrected chi connectivity index (χ3v) is 3.60. The highest BCUT2D eigenvalue weighted by Gasteiger charge is 2.08. The minimum Gasteiger partial charge on any atom is -0.249 e. The molecule has 0 aliphatic rings. The van der Waals surface area contributed by atoms with E-state index in [1.807, 2.05) is 56.3 Å². The number of aryl methyl sites for hydroxylation is 2. The van der Waals surface area contributed by atoms with Crippen molar-refractivity contribution in [1.29, 1.82) is 0 Å². The molecule has 0 amide bonds. The van der Waals surface area contributed by atoms with E-state index in [4.69, 9.17) is 16.6 Å². The fraction of sp³-hybridized carbons (Fsp3) is 0.125. The van der Waals surface area contributed by atoms with Gasteiger partial charge in [0.05, 0.1) is 22.4 Å². The second-order valence-electron chi connectivity index (χ2n) is 4.61. The van der Waals surface area contributed by atoms with Crippen LogP contribution in [0, 0.1) is 13.8 Å². The zero-order valence-electron chi connectivity index (χ0n) is 10.8. The van der Waals surface area contributed by atoms with Crippen LogP contribution in [-0.2, 0) is 0 Å². The lowest BCUT2D eigenvalue weighted by Gasteiger charge is -2.08. The summed E-state index contributed by atoms with van der Waals surface area (Å²) < 4.78 is 0. The highest BCUT2D eigenvalue weighted by Crippen LogP contribution is 2.26. The lowest BCUT2D eigenvalue weighted by molar-refractivity contribution is 1.19. The third-order valence-electron chi connectivity index (χ3n) is 3.18. The van der Waals surface area contributed by atoms with E-state index in [0.29, 0.717) is 0 Å². The topological polar surface area (TPSA) is 25.8 Å². The van der Waals surface area contributed by atoms with Gasteiger partial charge in [-0.1, -0.05) is 29.8 Å². The summed E-state index contributed by atoms with van der Waals surface area (Å²) in [5.41, 5.74) is 5.79. The molecule has 2 aromatic carbocycles. The predicted octanol–water partition coefficient (Wildman–Crippen LogP) is 4.57. The summed E-state index contributed by atoms with van der Waals surface area (Å²) in [6, 6.07) is 13.9. The van der Waals surface area contributed by atoms with Gasteiger partial charge in [0, 0.05) is 10.6 Å². The van der Waals surface area contributed by atoms with Crippen LogP contribution in [0.25, 0.3) is 22.3 Å². The fourth-order valence-electron chi connectivity index (χ4n) is 2.15. The van der Waals surface area contributed by atoms with Gasteiger partial charge >= 0.3 is 0 Å². The van der Waals surface area contributed by atoms with Crippen LogP contribution in [0.4, 0.5) is 0 Å². The number of benzene rings is 2. The summed E-state index contributed by atoms with van der Waals surface area (Å²) in [5.74, 6) is 0. The molecular formula is C16H13ClN2. The number of rotatable bonds is 1. The highest BCUT2D eigenvalue weighted by atomic mass is 35.5. The van der Waals surface area contributed by atoms with Gasteiger partial charge < -0.3 is 0 Å². The van der Waals surface area contributed by atoms with Gasteiger partial charge in [-0.05, 0) is 43.7 Å². The van der Waals surface area contributed by atoms with Crippen molar-refractivity contribution in [2.45, 2.75) is 13.8 Å². The zero-order chi connectivity index (χ0) is 13.4. The van der Waals surface area contributed by atoms with Crippen LogP contribution in [0.5, 0.6) is 0 Å². The van der Waals surface area contributed by atoms with E-state index in [2.05, 4.69) is 4.98 Å². The first kappa shape index (κ1) is 12.1. The molecule has 0 radical (unpaired) electrons.